The first kappa shape index (κ1) is 15.8. The van der Waals surface area contributed by atoms with Gasteiger partial charge in [0, 0.05) is 23.3 Å². The van der Waals surface area contributed by atoms with Crippen LogP contribution in [0.1, 0.15) is 43.1 Å². The Bertz CT molecular complexity index is 485. The highest BCUT2D eigenvalue weighted by Gasteiger charge is 2.39. The second kappa shape index (κ2) is 5.41. The lowest BCUT2D eigenvalue weighted by Crippen LogP contribution is -2.42. The molecule has 1 atom stereocenters. The predicted molar refractivity (Wildman–Crippen MR) is 81.7 cm³/mol. The molecule has 1 fully saturated rings. The zero-order valence-corrected chi connectivity index (χ0v) is 12.9. The maximum absolute atomic E-state index is 12.7. The summed E-state index contributed by atoms with van der Waals surface area (Å²) in [5, 5.41) is 0. The van der Waals surface area contributed by atoms with Crippen molar-refractivity contribution in [1.29, 1.82) is 0 Å². The summed E-state index contributed by atoms with van der Waals surface area (Å²) in [4.78, 5) is 14.6. The van der Waals surface area contributed by atoms with Crippen LogP contribution in [0.3, 0.4) is 0 Å². The lowest BCUT2D eigenvalue weighted by atomic mass is 9.97. The van der Waals surface area contributed by atoms with Gasteiger partial charge in [0.05, 0.1) is 0 Å². The molecule has 1 saturated heterocycles. The number of carbonyl (C=O) groups excluding carboxylic acids is 1. The number of amides is 1. The van der Waals surface area contributed by atoms with Crippen molar-refractivity contribution in [2.45, 2.75) is 39.7 Å². The number of hydrogen-bond donors (Lipinski definition) is 1. The van der Waals surface area contributed by atoms with Gasteiger partial charge < -0.3 is 10.6 Å². The third-order valence-corrected chi connectivity index (χ3v) is 3.81. The van der Waals surface area contributed by atoms with E-state index in [4.69, 9.17) is 5.73 Å². The maximum Gasteiger partial charge on any atom is 0.254 e. The molecule has 0 bridgehead atoms. The van der Waals surface area contributed by atoms with E-state index in [1.165, 1.54) is 0 Å². The summed E-state index contributed by atoms with van der Waals surface area (Å²) >= 11 is 0. The summed E-state index contributed by atoms with van der Waals surface area (Å²) in [7, 11) is 0. The monoisotopic (exact) mass is 282 g/mol. The normalized spacial score (nSPS) is 21.1. The number of nitrogens with zero attached hydrogens (tertiary/aromatic N) is 1. The minimum absolute atomic E-state index is 0. The third kappa shape index (κ3) is 3.03. The highest BCUT2D eigenvalue weighted by Crippen LogP contribution is 2.34. The molecule has 2 N–H and O–H groups in total. The number of hydrogen-bond acceptors (Lipinski definition) is 2. The average Bonchev–Trinajstić information content (AvgIpc) is 2.54. The summed E-state index contributed by atoms with van der Waals surface area (Å²) in [5.41, 5.74) is 8.10. The highest BCUT2D eigenvalue weighted by atomic mass is 35.5. The van der Waals surface area contributed by atoms with Gasteiger partial charge in [-0.25, -0.2) is 0 Å². The Morgan fingerprint density at radius 1 is 1.42 bits per heavy atom. The van der Waals surface area contributed by atoms with Crippen LogP contribution in [0.2, 0.25) is 0 Å². The largest absolute Gasteiger partial charge is 0.399 e. The van der Waals surface area contributed by atoms with Crippen LogP contribution in [-0.4, -0.2) is 22.9 Å². The summed E-state index contributed by atoms with van der Waals surface area (Å²) in [5.74, 6) is 0.666. The number of aryl methyl sites for hydroxylation is 1. The van der Waals surface area contributed by atoms with Crippen LogP contribution < -0.4 is 5.73 Å². The highest BCUT2D eigenvalue weighted by molar-refractivity contribution is 5.97. The molecule has 1 amide bonds. The van der Waals surface area contributed by atoms with Crippen molar-refractivity contribution < 1.29 is 4.79 Å². The Morgan fingerprint density at radius 3 is 2.58 bits per heavy atom. The van der Waals surface area contributed by atoms with Gasteiger partial charge in [-0.2, -0.15) is 0 Å². The van der Waals surface area contributed by atoms with Crippen molar-refractivity contribution in [3.05, 3.63) is 29.3 Å². The van der Waals surface area contributed by atoms with Crippen LogP contribution in [0, 0.1) is 12.8 Å². The van der Waals surface area contributed by atoms with Crippen molar-refractivity contribution in [2.24, 2.45) is 5.92 Å². The molecule has 1 unspecified atom stereocenters. The maximum atomic E-state index is 12.7. The molecule has 3 nitrogen and oxygen atoms in total. The molecular formula is C15H23ClN2O. The summed E-state index contributed by atoms with van der Waals surface area (Å²) in [6.45, 7) is 9.26. The standard InChI is InChI=1S/C15H22N2O.ClH/c1-10-8-15(3,4)17(9-10)14(18)13-7-12(16)6-5-11(13)2;/h5-7,10H,8-9,16H2,1-4H3;1H. The van der Waals surface area contributed by atoms with Gasteiger partial charge in [0.15, 0.2) is 0 Å². The van der Waals surface area contributed by atoms with Crippen molar-refractivity contribution in [1.82, 2.24) is 4.90 Å². The van der Waals surface area contributed by atoms with Crippen molar-refractivity contribution in [3.8, 4) is 0 Å². The molecule has 0 radical (unpaired) electrons. The second-order valence-electron chi connectivity index (χ2n) is 6.11. The van der Waals surface area contributed by atoms with E-state index >= 15 is 0 Å². The topological polar surface area (TPSA) is 46.3 Å². The molecule has 0 saturated carbocycles. The van der Waals surface area contributed by atoms with Gasteiger partial charge in [0.1, 0.15) is 0 Å². The third-order valence-electron chi connectivity index (χ3n) is 3.81. The van der Waals surface area contributed by atoms with Crippen molar-refractivity contribution in [2.75, 3.05) is 12.3 Å². The van der Waals surface area contributed by atoms with E-state index in [0.29, 0.717) is 11.6 Å². The lowest BCUT2D eigenvalue weighted by molar-refractivity contribution is 0.0649. The van der Waals surface area contributed by atoms with Gasteiger partial charge >= 0.3 is 0 Å². The van der Waals surface area contributed by atoms with Crippen molar-refractivity contribution >= 4 is 24.0 Å². The van der Waals surface area contributed by atoms with Crippen LogP contribution in [0.15, 0.2) is 18.2 Å². The molecule has 0 aliphatic carbocycles. The van der Waals surface area contributed by atoms with Gasteiger partial charge in [0.25, 0.3) is 5.91 Å². The SMILES string of the molecule is Cc1ccc(N)cc1C(=O)N1CC(C)CC1(C)C.Cl. The molecule has 0 spiro atoms. The number of rotatable bonds is 1. The Balaban J connectivity index is 0.00000180. The van der Waals surface area contributed by atoms with E-state index in [1.807, 2.05) is 24.0 Å². The first-order chi connectivity index (χ1) is 8.31. The molecule has 1 heterocycles. The molecule has 19 heavy (non-hydrogen) atoms. The predicted octanol–water partition coefficient (Wildman–Crippen LogP) is 3.26. The number of nitrogen functional groups attached to an aromatic ring is 1. The Morgan fingerprint density at radius 2 is 2.05 bits per heavy atom. The smallest absolute Gasteiger partial charge is 0.254 e. The number of anilines is 1. The number of carbonyl (C=O) groups is 1. The van der Waals surface area contributed by atoms with E-state index in [1.54, 1.807) is 6.07 Å². The second-order valence-corrected chi connectivity index (χ2v) is 6.11. The number of halogens is 1. The molecule has 1 aromatic carbocycles. The van der Waals surface area contributed by atoms with E-state index in [9.17, 15) is 4.79 Å². The number of nitrogens with two attached hydrogens (primary N) is 1. The molecule has 2 rings (SSSR count). The molecule has 0 aromatic heterocycles. The first-order valence-corrected chi connectivity index (χ1v) is 6.49. The Kier molecular flexibility index (Phi) is 4.51. The molecule has 106 valence electrons. The fourth-order valence-electron chi connectivity index (χ4n) is 2.96. The summed E-state index contributed by atoms with van der Waals surface area (Å²) < 4.78 is 0. The lowest BCUT2D eigenvalue weighted by Gasteiger charge is -2.32. The summed E-state index contributed by atoms with van der Waals surface area (Å²) in [6, 6.07) is 5.54. The number of benzene rings is 1. The molecular weight excluding hydrogens is 260 g/mol. The Labute approximate surface area is 121 Å². The number of likely N-dealkylation sites (tertiary alicyclic amines) is 1. The van der Waals surface area contributed by atoms with Gasteiger partial charge in [-0.05, 0) is 50.8 Å². The van der Waals surface area contributed by atoms with E-state index < -0.39 is 0 Å². The molecule has 4 heteroatoms. The van der Waals surface area contributed by atoms with Crippen LogP contribution >= 0.6 is 12.4 Å². The fourth-order valence-corrected chi connectivity index (χ4v) is 2.96. The van der Waals surface area contributed by atoms with Gasteiger partial charge in [-0.3, -0.25) is 4.79 Å². The van der Waals surface area contributed by atoms with E-state index in [2.05, 4.69) is 20.8 Å². The molecule has 1 aliphatic rings. The van der Waals surface area contributed by atoms with Crippen LogP contribution in [-0.2, 0) is 0 Å². The minimum Gasteiger partial charge on any atom is -0.399 e. The fraction of sp³-hybridized carbons (Fsp3) is 0.533. The van der Waals surface area contributed by atoms with Crippen molar-refractivity contribution in [3.63, 3.8) is 0 Å². The minimum atomic E-state index is -0.0620. The summed E-state index contributed by atoms with van der Waals surface area (Å²) in [6.07, 6.45) is 1.06. The average molecular weight is 283 g/mol. The molecule has 1 aliphatic heterocycles. The van der Waals surface area contributed by atoms with Crippen LogP contribution in [0.25, 0.3) is 0 Å². The van der Waals surface area contributed by atoms with Gasteiger partial charge in [0.2, 0.25) is 0 Å². The van der Waals surface area contributed by atoms with Crippen LogP contribution in [0.4, 0.5) is 5.69 Å². The Hall–Kier alpha value is -1.22. The van der Waals surface area contributed by atoms with Gasteiger partial charge in [-0.1, -0.05) is 13.0 Å². The zero-order valence-electron chi connectivity index (χ0n) is 12.1. The quantitative estimate of drug-likeness (QED) is 0.804. The van der Waals surface area contributed by atoms with Gasteiger partial charge in [-0.15, -0.1) is 12.4 Å². The van der Waals surface area contributed by atoms with E-state index in [-0.39, 0.29) is 23.9 Å². The van der Waals surface area contributed by atoms with Crippen LogP contribution in [0.5, 0.6) is 0 Å². The molecule has 1 aromatic rings. The first-order valence-electron chi connectivity index (χ1n) is 6.49. The zero-order chi connectivity index (χ0) is 13.5. The van der Waals surface area contributed by atoms with E-state index in [0.717, 1.165) is 24.1 Å².